The number of carbonyl (C=O) groups excluding carboxylic acids is 1. The molecule has 1 amide bonds. The van der Waals surface area contributed by atoms with Crippen molar-refractivity contribution in [1.29, 1.82) is 0 Å². The lowest BCUT2D eigenvalue weighted by Crippen LogP contribution is -2.40. The Hall–Kier alpha value is -2.17. The highest BCUT2D eigenvalue weighted by Crippen LogP contribution is 2.47. The molecule has 0 saturated carbocycles. The maximum atomic E-state index is 14.0. The average Bonchev–Trinajstić information content (AvgIpc) is 3.04. The molecule has 1 aromatic rings. The molecule has 1 spiro atoms. The summed E-state index contributed by atoms with van der Waals surface area (Å²) >= 11 is 0. The number of amides is 1. The van der Waals surface area contributed by atoms with Crippen LogP contribution in [0.1, 0.15) is 12.8 Å². The summed E-state index contributed by atoms with van der Waals surface area (Å²) in [6.07, 6.45) is -0.958. The summed E-state index contributed by atoms with van der Waals surface area (Å²) in [4.78, 5) is 12.8. The number of nitrogens with two attached hydrogens (primary N) is 1. The van der Waals surface area contributed by atoms with E-state index in [1.54, 1.807) is 0 Å². The third kappa shape index (κ3) is 3.27. The van der Waals surface area contributed by atoms with Gasteiger partial charge in [-0.1, -0.05) is 0 Å². The molecule has 11 heteroatoms. The first-order valence-electron chi connectivity index (χ1n) is 7.54. The summed E-state index contributed by atoms with van der Waals surface area (Å²) < 4.78 is 89.0. The predicted octanol–water partition coefficient (Wildman–Crippen LogP) is 2.42. The normalized spacial score (nSPS) is 27.5. The number of halogens is 6. The molecule has 2 aliphatic rings. The van der Waals surface area contributed by atoms with Crippen LogP contribution in [0.25, 0.3) is 0 Å². The lowest BCUT2D eigenvalue weighted by atomic mass is 9.95. The minimum absolute atomic E-state index is 0.245. The van der Waals surface area contributed by atoms with Crippen molar-refractivity contribution in [3.63, 3.8) is 0 Å². The molecule has 2 saturated heterocycles. The molecular formula is C15H14F6N2O3. The molecule has 0 bridgehead atoms. The van der Waals surface area contributed by atoms with Gasteiger partial charge in [-0.3, -0.25) is 4.79 Å². The summed E-state index contributed by atoms with van der Waals surface area (Å²) in [6.45, 7) is -4.69. The number of rotatable bonds is 4. The summed E-state index contributed by atoms with van der Waals surface area (Å²) in [5, 5.41) is 0. The Bertz CT molecular complexity index is 732. The maximum Gasteiger partial charge on any atom is 0.387 e. The van der Waals surface area contributed by atoms with Crippen LogP contribution in [0.2, 0.25) is 0 Å². The smallest absolute Gasteiger partial charge is 0.387 e. The van der Waals surface area contributed by atoms with Crippen molar-refractivity contribution in [2.24, 2.45) is 5.73 Å². The van der Waals surface area contributed by atoms with Gasteiger partial charge >= 0.3 is 6.61 Å². The third-order valence-corrected chi connectivity index (χ3v) is 4.44. The zero-order valence-electron chi connectivity index (χ0n) is 13.2. The summed E-state index contributed by atoms with van der Waals surface area (Å²) in [5.41, 5.74) is 3.42. The molecule has 2 unspecified atom stereocenters. The van der Waals surface area contributed by atoms with Gasteiger partial charge in [0.2, 0.25) is 11.7 Å². The molecule has 3 rings (SSSR count). The second-order valence-corrected chi connectivity index (χ2v) is 6.34. The molecular weight excluding hydrogens is 370 g/mol. The van der Waals surface area contributed by atoms with E-state index in [1.165, 1.54) is 0 Å². The molecule has 26 heavy (non-hydrogen) atoms. The first-order valence-corrected chi connectivity index (χ1v) is 7.54. The Morgan fingerprint density at radius 3 is 2.58 bits per heavy atom. The van der Waals surface area contributed by atoms with Crippen molar-refractivity contribution >= 4 is 11.6 Å². The van der Waals surface area contributed by atoms with Gasteiger partial charge in [-0.25, -0.2) is 13.2 Å². The van der Waals surface area contributed by atoms with Crippen molar-refractivity contribution in [3.8, 4) is 5.75 Å². The van der Waals surface area contributed by atoms with Gasteiger partial charge in [0.25, 0.3) is 5.92 Å². The van der Waals surface area contributed by atoms with Crippen LogP contribution >= 0.6 is 0 Å². The lowest BCUT2D eigenvalue weighted by molar-refractivity contribution is -0.119. The second kappa shape index (κ2) is 6.22. The maximum absolute atomic E-state index is 14.0. The minimum atomic E-state index is -3.47. The molecule has 0 radical (unpaired) electrons. The van der Waals surface area contributed by atoms with E-state index in [0.29, 0.717) is 6.07 Å². The quantitative estimate of drug-likeness (QED) is 0.810. The number of hydrogen-bond acceptors (Lipinski definition) is 4. The number of alkyl halides is 4. The third-order valence-electron chi connectivity index (χ3n) is 4.44. The first-order chi connectivity index (χ1) is 12.0. The molecule has 2 aliphatic heterocycles. The fourth-order valence-corrected chi connectivity index (χ4v) is 3.47. The molecule has 2 fully saturated rings. The Morgan fingerprint density at radius 2 is 2.04 bits per heavy atom. The SMILES string of the molecule is NC(=O)C1CC2(CN1c1ccc(F)c(F)c1OC(F)F)CC(F)(F)CO2. The molecule has 144 valence electrons. The van der Waals surface area contributed by atoms with Crippen LogP contribution in [-0.2, 0) is 9.53 Å². The van der Waals surface area contributed by atoms with E-state index in [9.17, 15) is 31.1 Å². The van der Waals surface area contributed by atoms with Crippen LogP contribution in [0, 0.1) is 11.6 Å². The predicted molar refractivity (Wildman–Crippen MR) is 76.2 cm³/mol. The van der Waals surface area contributed by atoms with E-state index in [-0.39, 0.29) is 13.0 Å². The van der Waals surface area contributed by atoms with Crippen molar-refractivity contribution in [3.05, 3.63) is 23.8 Å². The van der Waals surface area contributed by atoms with Gasteiger partial charge in [-0.15, -0.1) is 0 Å². The van der Waals surface area contributed by atoms with Gasteiger partial charge in [-0.2, -0.15) is 13.2 Å². The molecule has 5 nitrogen and oxygen atoms in total. The van der Waals surface area contributed by atoms with Gasteiger partial charge in [0.15, 0.2) is 11.6 Å². The number of anilines is 1. The largest absolute Gasteiger partial charge is 0.429 e. The summed E-state index contributed by atoms with van der Waals surface area (Å²) in [7, 11) is 0. The number of ether oxygens (including phenoxy) is 2. The van der Waals surface area contributed by atoms with E-state index < -0.39 is 66.2 Å². The molecule has 2 N–H and O–H groups in total. The Kier molecular flexibility index (Phi) is 4.45. The zero-order chi connectivity index (χ0) is 19.3. The van der Waals surface area contributed by atoms with Crippen molar-refractivity contribution in [2.75, 3.05) is 18.1 Å². The minimum Gasteiger partial charge on any atom is -0.429 e. The van der Waals surface area contributed by atoms with Gasteiger partial charge in [-0.05, 0) is 12.1 Å². The molecule has 2 atom stereocenters. The van der Waals surface area contributed by atoms with E-state index in [1.807, 2.05) is 0 Å². The molecule has 0 aliphatic carbocycles. The fourth-order valence-electron chi connectivity index (χ4n) is 3.47. The van der Waals surface area contributed by atoms with Crippen molar-refractivity contribution < 1.29 is 40.6 Å². The highest BCUT2D eigenvalue weighted by atomic mass is 19.3. The summed E-state index contributed by atoms with van der Waals surface area (Å²) in [5.74, 6) is -8.35. The lowest BCUT2D eigenvalue weighted by Gasteiger charge is -2.27. The van der Waals surface area contributed by atoms with Gasteiger partial charge in [0, 0.05) is 19.4 Å². The second-order valence-electron chi connectivity index (χ2n) is 6.34. The Balaban J connectivity index is 2.02. The van der Waals surface area contributed by atoms with Crippen LogP contribution < -0.4 is 15.4 Å². The highest BCUT2D eigenvalue weighted by Gasteiger charge is 2.57. The summed E-state index contributed by atoms with van der Waals surface area (Å²) in [6, 6.07) is 0.322. The number of nitrogens with zero attached hydrogens (tertiary/aromatic N) is 1. The van der Waals surface area contributed by atoms with E-state index >= 15 is 0 Å². The molecule has 0 aromatic heterocycles. The fraction of sp³-hybridized carbons (Fsp3) is 0.533. The number of hydrogen-bond donors (Lipinski definition) is 1. The van der Waals surface area contributed by atoms with Crippen LogP contribution in [0.4, 0.5) is 32.0 Å². The molecule has 1 aromatic carbocycles. The number of benzene rings is 1. The Labute approximate surface area is 143 Å². The van der Waals surface area contributed by atoms with Crippen LogP contribution in [0.3, 0.4) is 0 Å². The van der Waals surface area contributed by atoms with Crippen LogP contribution in [0.5, 0.6) is 5.75 Å². The van der Waals surface area contributed by atoms with Crippen molar-refractivity contribution in [2.45, 2.75) is 37.0 Å². The van der Waals surface area contributed by atoms with E-state index in [2.05, 4.69) is 4.74 Å². The highest BCUT2D eigenvalue weighted by molar-refractivity contribution is 5.85. The van der Waals surface area contributed by atoms with Crippen LogP contribution in [-0.4, -0.2) is 43.2 Å². The zero-order valence-corrected chi connectivity index (χ0v) is 13.2. The van der Waals surface area contributed by atoms with E-state index in [0.717, 1.165) is 11.0 Å². The Morgan fingerprint density at radius 1 is 1.35 bits per heavy atom. The van der Waals surface area contributed by atoms with Gasteiger partial charge < -0.3 is 20.1 Å². The first kappa shape index (κ1) is 18.6. The van der Waals surface area contributed by atoms with Crippen LogP contribution in [0.15, 0.2) is 12.1 Å². The number of carbonyl (C=O) groups is 1. The van der Waals surface area contributed by atoms with Gasteiger partial charge in [0.1, 0.15) is 12.6 Å². The monoisotopic (exact) mass is 384 g/mol. The standard InChI is InChI=1S/C15H14F6N2O3/c16-7-1-2-8(11(10(7)17)26-13(18)19)23-5-14(3-9(23)12(22)24)4-15(20,21)6-25-14/h1-2,9,13H,3-6H2,(H2,22,24). The topological polar surface area (TPSA) is 64.8 Å². The molecule has 2 heterocycles. The van der Waals surface area contributed by atoms with Gasteiger partial charge in [0.05, 0.1) is 11.3 Å². The number of primary amides is 1. The average molecular weight is 384 g/mol. The van der Waals surface area contributed by atoms with Crippen molar-refractivity contribution in [1.82, 2.24) is 0 Å². The van der Waals surface area contributed by atoms with E-state index in [4.69, 9.17) is 10.5 Å².